The summed E-state index contributed by atoms with van der Waals surface area (Å²) in [6, 6.07) is 15.1. The summed E-state index contributed by atoms with van der Waals surface area (Å²) >= 11 is 12.0. The number of halogens is 2. The maximum Gasteiger partial charge on any atom is 0.129 e. The molecule has 1 heterocycles. The number of nitrogens with two attached hydrogens (primary N) is 1. The van der Waals surface area contributed by atoms with Gasteiger partial charge in [0.25, 0.3) is 0 Å². The van der Waals surface area contributed by atoms with Crippen LogP contribution in [0.5, 0.6) is 0 Å². The van der Waals surface area contributed by atoms with Crippen LogP contribution in [0.15, 0.2) is 48.5 Å². The zero-order valence-corrected chi connectivity index (χ0v) is 12.9. The Kier molecular flexibility index (Phi) is 3.62. The van der Waals surface area contributed by atoms with Gasteiger partial charge in [0.1, 0.15) is 11.5 Å². The first-order chi connectivity index (χ1) is 10.1. The minimum atomic E-state index is 0.604. The lowest BCUT2D eigenvalue weighted by Crippen LogP contribution is -1.97. The van der Waals surface area contributed by atoms with Crippen LogP contribution in [0.4, 0.5) is 5.82 Å². The van der Waals surface area contributed by atoms with Crippen LogP contribution in [0.1, 0.15) is 0 Å². The third kappa shape index (κ3) is 2.62. The molecule has 0 unspecified atom stereocenters. The average Bonchev–Trinajstić information content (AvgIpc) is 2.76. The molecule has 21 heavy (non-hydrogen) atoms. The van der Waals surface area contributed by atoms with Gasteiger partial charge in [-0.1, -0.05) is 47.5 Å². The van der Waals surface area contributed by atoms with Crippen LogP contribution in [0.25, 0.3) is 22.4 Å². The zero-order chi connectivity index (χ0) is 15.0. The second kappa shape index (κ2) is 5.43. The van der Waals surface area contributed by atoms with E-state index in [1.807, 2.05) is 55.6 Å². The Bertz CT molecular complexity index is 792. The molecule has 0 fully saturated rings. The summed E-state index contributed by atoms with van der Waals surface area (Å²) in [5, 5.41) is 5.87. The Balaban J connectivity index is 2.23. The van der Waals surface area contributed by atoms with Crippen molar-refractivity contribution in [2.24, 2.45) is 7.05 Å². The minimum Gasteiger partial charge on any atom is -0.383 e. The van der Waals surface area contributed by atoms with Gasteiger partial charge in [0, 0.05) is 22.7 Å². The van der Waals surface area contributed by atoms with Crippen LogP contribution >= 0.6 is 23.2 Å². The molecule has 2 aromatic carbocycles. The number of rotatable bonds is 2. The van der Waals surface area contributed by atoms with Gasteiger partial charge in [-0.15, -0.1) is 0 Å². The van der Waals surface area contributed by atoms with Crippen molar-refractivity contribution in [1.82, 2.24) is 9.78 Å². The molecule has 0 spiro atoms. The first kappa shape index (κ1) is 14.0. The molecule has 3 nitrogen and oxygen atoms in total. The van der Waals surface area contributed by atoms with E-state index in [4.69, 9.17) is 28.9 Å². The number of anilines is 1. The van der Waals surface area contributed by atoms with E-state index in [2.05, 4.69) is 5.10 Å². The molecule has 0 bridgehead atoms. The average molecular weight is 318 g/mol. The predicted octanol–water partition coefficient (Wildman–Crippen LogP) is 4.64. The molecule has 0 radical (unpaired) electrons. The van der Waals surface area contributed by atoms with Gasteiger partial charge in [-0.2, -0.15) is 5.10 Å². The number of aryl methyl sites for hydroxylation is 1. The van der Waals surface area contributed by atoms with E-state index in [0.29, 0.717) is 15.9 Å². The van der Waals surface area contributed by atoms with Gasteiger partial charge in [-0.3, -0.25) is 4.68 Å². The molecule has 0 atom stereocenters. The molecule has 1 aromatic heterocycles. The third-order valence-electron chi connectivity index (χ3n) is 3.32. The number of benzene rings is 2. The highest BCUT2D eigenvalue weighted by Gasteiger charge is 2.17. The van der Waals surface area contributed by atoms with E-state index < -0.39 is 0 Å². The molecular weight excluding hydrogens is 305 g/mol. The smallest absolute Gasteiger partial charge is 0.129 e. The third-order valence-corrected chi connectivity index (χ3v) is 3.81. The van der Waals surface area contributed by atoms with E-state index in [9.17, 15) is 0 Å². The predicted molar refractivity (Wildman–Crippen MR) is 88.5 cm³/mol. The maximum absolute atomic E-state index is 6.18. The highest BCUT2D eigenvalue weighted by atomic mass is 35.5. The van der Waals surface area contributed by atoms with Crippen molar-refractivity contribution in [3.05, 3.63) is 58.6 Å². The van der Waals surface area contributed by atoms with E-state index >= 15 is 0 Å². The number of hydrogen-bond acceptors (Lipinski definition) is 2. The fourth-order valence-electron chi connectivity index (χ4n) is 2.28. The van der Waals surface area contributed by atoms with Crippen molar-refractivity contribution in [3.8, 4) is 22.4 Å². The fraction of sp³-hybridized carbons (Fsp3) is 0.0625. The van der Waals surface area contributed by atoms with E-state index in [0.717, 1.165) is 22.4 Å². The van der Waals surface area contributed by atoms with E-state index in [-0.39, 0.29) is 0 Å². The lowest BCUT2D eigenvalue weighted by Gasteiger charge is -2.05. The molecule has 106 valence electrons. The van der Waals surface area contributed by atoms with Gasteiger partial charge in [-0.05, 0) is 29.8 Å². The van der Waals surface area contributed by atoms with Gasteiger partial charge in [0.2, 0.25) is 0 Å². The second-order valence-electron chi connectivity index (χ2n) is 4.75. The lowest BCUT2D eigenvalue weighted by molar-refractivity contribution is 0.782. The Morgan fingerprint density at radius 3 is 2.33 bits per heavy atom. The number of nitrogen functional groups attached to an aromatic ring is 1. The monoisotopic (exact) mass is 317 g/mol. The molecule has 0 saturated heterocycles. The molecule has 5 heteroatoms. The summed E-state index contributed by atoms with van der Waals surface area (Å²) < 4.78 is 1.67. The Morgan fingerprint density at radius 1 is 0.952 bits per heavy atom. The van der Waals surface area contributed by atoms with Crippen LogP contribution in [-0.4, -0.2) is 9.78 Å². The quantitative estimate of drug-likeness (QED) is 0.748. The molecule has 3 rings (SSSR count). The second-order valence-corrected chi connectivity index (χ2v) is 5.62. The van der Waals surface area contributed by atoms with Crippen molar-refractivity contribution in [3.63, 3.8) is 0 Å². The standard InChI is InChI=1S/C16H13Cl2N3/c1-21-16(19)14(10-5-7-12(17)8-6-10)15(20-21)11-3-2-4-13(18)9-11/h2-9H,19H2,1H3. The van der Waals surface area contributed by atoms with Crippen LogP contribution < -0.4 is 5.73 Å². The fourth-order valence-corrected chi connectivity index (χ4v) is 2.59. The topological polar surface area (TPSA) is 43.8 Å². The highest BCUT2D eigenvalue weighted by Crippen LogP contribution is 2.36. The molecule has 3 aromatic rings. The van der Waals surface area contributed by atoms with Crippen LogP contribution in [0, 0.1) is 0 Å². The summed E-state index contributed by atoms with van der Waals surface area (Å²) in [4.78, 5) is 0. The van der Waals surface area contributed by atoms with Gasteiger partial charge in [-0.25, -0.2) is 0 Å². The Morgan fingerprint density at radius 2 is 1.67 bits per heavy atom. The van der Waals surface area contributed by atoms with Gasteiger partial charge >= 0.3 is 0 Å². The number of nitrogens with zero attached hydrogens (tertiary/aromatic N) is 2. The van der Waals surface area contributed by atoms with Crippen LogP contribution in [0.3, 0.4) is 0 Å². The maximum atomic E-state index is 6.18. The summed E-state index contributed by atoms with van der Waals surface area (Å²) in [6.07, 6.45) is 0. The summed E-state index contributed by atoms with van der Waals surface area (Å²) in [5.74, 6) is 0.604. The van der Waals surface area contributed by atoms with Crippen molar-refractivity contribution >= 4 is 29.0 Å². The first-order valence-corrected chi connectivity index (χ1v) is 7.16. The molecule has 0 aliphatic carbocycles. The van der Waals surface area contributed by atoms with Crippen LogP contribution in [0.2, 0.25) is 10.0 Å². The van der Waals surface area contributed by atoms with Crippen molar-refractivity contribution in [2.75, 3.05) is 5.73 Å². The molecule has 0 amide bonds. The van der Waals surface area contributed by atoms with Crippen molar-refractivity contribution in [1.29, 1.82) is 0 Å². The summed E-state index contributed by atoms with van der Waals surface area (Å²) in [7, 11) is 1.82. The summed E-state index contributed by atoms with van der Waals surface area (Å²) in [6.45, 7) is 0. The van der Waals surface area contributed by atoms with Gasteiger partial charge < -0.3 is 5.73 Å². The molecule has 0 saturated carbocycles. The largest absolute Gasteiger partial charge is 0.383 e. The Hall–Kier alpha value is -1.97. The number of aromatic nitrogens is 2. The Labute approximate surface area is 132 Å². The summed E-state index contributed by atoms with van der Waals surface area (Å²) in [5.41, 5.74) is 9.78. The van der Waals surface area contributed by atoms with Crippen molar-refractivity contribution < 1.29 is 0 Å². The normalized spacial score (nSPS) is 10.8. The van der Waals surface area contributed by atoms with Crippen molar-refractivity contribution in [2.45, 2.75) is 0 Å². The highest BCUT2D eigenvalue weighted by molar-refractivity contribution is 6.31. The lowest BCUT2D eigenvalue weighted by atomic mass is 10.0. The molecule has 0 aliphatic heterocycles. The number of hydrogen-bond donors (Lipinski definition) is 1. The van der Waals surface area contributed by atoms with E-state index in [1.54, 1.807) is 4.68 Å². The zero-order valence-electron chi connectivity index (χ0n) is 11.3. The van der Waals surface area contributed by atoms with Gasteiger partial charge in [0.05, 0.1) is 5.56 Å². The first-order valence-electron chi connectivity index (χ1n) is 6.40. The van der Waals surface area contributed by atoms with Gasteiger partial charge in [0.15, 0.2) is 0 Å². The van der Waals surface area contributed by atoms with Crippen LogP contribution in [-0.2, 0) is 7.05 Å². The molecular formula is C16H13Cl2N3. The SMILES string of the molecule is Cn1nc(-c2cccc(Cl)c2)c(-c2ccc(Cl)cc2)c1N. The molecule has 0 aliphatic rings. The van der Waals surface area contributed by atoms with E-state index in [1.165, 1.54) is 0 Å². The minimum absolute atomic E-state index is 0.604. The molecule has 2 N–H and O–H groups in total.